The van der Waals surface area contributed by atoms with E-state index in [-0.39, 0.29) is 17.5 Å². The molecule has 2 N–H and O–H groups in total. The molecule has 2 aromatic carbocycles. The highest BCUT2D eigenvalue weighted by atomic mass is 16.2. The van der Waals surface area contributed by atoms with Crippen molar-refractivity contribution in [2.24, 2.45) is 0 Å². The Balaban J connectivity index is 1.51. The number of rotatable bonds is 4. The lowest BCUT2D eigenvalue weighted by atomic mass is 10.1. The smallest absolute Gasteiger partial charge is 0.328 e. The Kier molecular flexibility index (Phi) is 4.96. The molecule has 0 radical (unpaired) electrons. The second kappa shape index (κ2) is 7.58. The van der Waals surface area contributed by atoms with Crippen molar-refractivity contribution in [3.8, 4) is 0 Å². The Bertz CT molecular complexity index is 1190. The molecule has 2 heterocycles. The molecule has 1 atom stereocenters. The van der Waals surface area contributed by atoms with Gasteiger partial charge in [0, 0.05) is 36.9 Å². The van der Waals surface area contributed by atoms with Crippen molar-refractivity contribution in [1.82, 2.24) is 14.9 Å². The van der Waals surface area contributed by atoms with Crippen molar-refractivity contribution in [2.45, 2.75) is 32.9 Å². The molecule has 0 saturated carbocycles. The fraction of sp³-hybridized carbons (Fsp3) is 0.318. The monoisotopic (exact) mass is 392 g/mol. The summed E-state index contributed by atoms with van der Waals surface area (Å²) < 4.78 is 1.14. The second-order valence-electron chi connectivity index (χ2n) is 7.48. The number of benzene rings is 2. The summed E-state index contributed by atoms with van der Waals surface area (Å²) in [7, 11) is 0. The Morgan fingerprint density at radius 3 is 2.79 bits per heavy atom. The summed E-state index contributed by atoms with van der Waals surface area (Å²) in [6.45, 7) is 5.74. The first kappa shape index (κ1) is 19.0. The van der Waals surface area contributed by atoms with Crippen LogP contribution in [0.1, 0.15) is 29.3 Å². The van der Waals surface area contributed by atoms with Gasteiger partial charge in [-0.2, -0.15) is 0 Å². The molecular formula is C22H24N4O3. The SMILES string of the molecule is CCn1c(=O)[nH]c2cc(C(=O)NC3CCN(c4cccc(C)c4)C3)ccc2c1=O. The van der Waals surface area contributed by atoms with Gasteiger partial charge in [-0.05, 0) is 56.2 Å². The predicted molar refractivity (Wildman–Crippen MR) is 114 cm³/mol. The lowest BCUT2D eigenvalue weighted by Crippen LogP contribution is -2.37. The highest BCUT2D eigenvalue weighted by molar-refractivity contribution is 5.97. The Hall–Kier alpha value is -3.35. The molecule has 0 aliphatic carbocycles. The summed E-state index contributed by atoms with van der Waals surface area (Å²) in [6.07, 6.45) is 0.866. The number of carbonyl (C=O) groups is 1. The van der Waals surface area contributed by atoms with Crippen LogP contribution in [0, 0.1) is 6.92 Å². The number of aromatic amines is 1. The zero-order valence-corrected chi connectivity index (χ0v) is 16.6. The van der Waals surface area contributed by atoms with Crippen LogP contribution in [0.25, 0.3) is 10.9 Å². The molecule has 1 saturated heterocycles. The molecule has 1 fully saturated rings. The van der Waals surface area contributed by atoms with Crippen LogP contribution in [0.3, 0.4) is 0 Å². The van der Waals surface area contributed by atoms with Gasteiger partial charge in [-0.25, -0.2) is 4.79 Å². The molecule has 1 amide bonds. The molecule has 0 spiro atoms. The first-order chi connectivity index (χ1) is 14.0. The lowest BCUT2D eigenvalue weighted by Gasteiger charge is -2.19. The minimum atomic E-state index is -0.466. The topological polar surface area (TPSA) is 87.2 Å². The van der Waals surface area contributed by atoms with Crippen LogP contribution in [0.2, 0.25) is 0 Å². The molecule has 1 aromatic heterocycles. The average molecular weight is 392 g/mol. The van der Waals surface area contributed by atoms with E-state index in [9.17, 15) is 14.4 Å². The summed E-state index contributed by atoms with van der Waals surface area (Å²) in [5, 5.41) is 3.47. The van der Waals surface area contributed by atoms with Gasteiger partial charge in [-0.3, -0.25) is 14.2 Å². The van der Waals surface area contributed by atoms with E-state index in [1.165, 1.54) is 5.56 Å². The molecule has 1 aliphatic rings. The Morgan fingerprint density at radius 2 is 2.03 bits per heavy atom. The summed E-state index contributed by atoms with van der Waals surface area (Å²) in [5.74, 6) is -0.205. The molecule has 1 unspecified atom stereocenters. The van der Waals surface area contributed by atoms with E-state index in [4.69, 9.17) is 0 Å². The quantitative estimate of drug-likeness (QED) is 0.711. The first-order valence-corrected chi connectivity index (χ1v) is 9.85. The number of nitrogens with zero attached hydrogens (tertiary/aromatic N) is 2. The summed E-state index contributed by atoms with van der Waals surface area (Å²) in [4.78, 5) is 42.1. The van der Waals surface area contributed by atoms with Crippen LogP contribution < -0.4 is 21.5 Å². The van der Waals surface area contributed by atoms with Crippen molar-refractivity contribution in [3.63, 3.8) is 0 Å². The van der Waals surface area contributed by atoms with Gasteiger partial charge in [0.05, 0.1) is 10.9 Å². The molecule has 0 bridgehead atoms. The molecule has 1 aliphatic heterocycles. The van der Waals surface area contributed by atoms with E-state index in [0.29, 0.717) is 23.0 Å². The van der Waals surface area contributed by atoms with Gasteiger partial charge in [0.15, 0.2) is 0 Å². The van der Waals surface area contributed by atoms with Crippen LogP contribution in [0.4, 0.5) is 5.69 Å². The molecule has 29 heavy (non-hydrogen) atoms. The number of hydrogen-bond acceptors (Lipinski definition) is 4. The summed E-state index contributed by atoms with van der Waals surface area (Å²) >= 11 is 0. The maximum absolute atomic E-state index is 12.7. The number of aromatic nitrogens is 2. The third kappa shape index (κ3) is 3.68. The van der Waals surface area contributed by atoms with Crippen LogP contribution in [-0.4, -0.2) is 34.6 Å². The highest BCUT2D eigenvalue weighted by Crippen LogP contribution is 2.21. The van der Waals surface area contributed by atoms with Crippen LogP contribution in [0.15, 0.2) is 52.1 Å². The second-order valence-corrected chi connectivity index (χ2v) is 7.48. The minimum absolute atomic E-state index is 0.0471. The van der Waals surface area contributed by atoms with Crippen molar-refractivity contribution in [3.05, 3.63) is 74.4 Å². The fourth-order valence-electron chi connectivity index (χ4n) is 3.89. The number of H-pyrrole nitrogens is 1. The predicted octanol–water partition coefficient (Wildman–Crippen LogP) is 2.03. The number of aryl methyl sites for hydroxylation is 1. The highest BCUT2D eigenvalue weighted by Gasteiger charge is 2.24. The van der Waals surface area contributed by atoms with E-state index in [1.54, 1.807) is 25.1 Å². The maximum Gasteiger partial charge on any atom is 0.328 e. The fourth-order valence-corrected chi connectivity index (χ4v) is 3.89. The van der Waals surface area contributed by atoms with Gasteiger partial charge in [-0.15, -0.1) is 0 Å². The zero-order chi connectivity index (χ0) is 20.5. The van der Waals surface area contributed by atoms with E-state index in [1.807, 2.05) is 6.07 Å². The van der Waals surface area contributed by atoms with E-state index >= 15 is 0 Å². The third-order valence-corrected chi connectivity index (χ3v) is 5.45. The summed E-state index contributed by atoms with van der Waals surface area (Å²) in [6, 6.07) is 13.2. The van der Waals surface area contributed by atoms with Gasteiger partial charge in [-0.1, -0.05) is 12.1 Å². The van der Waals surface area contributed by atoms with Crippen molar-refractivity contribution < 1.29 is 4.79 Å². The number of nitrogens with one attached hydrogen (secondary N) is 2. The molecule has 7 heteroatoms. The Labute approximate surface area is 168 Å². The maximum atomic E-state index is 12.7. The van der Waals surface area contributed by atoms with Crippen LogP contribution >= 0.6 is 0 Å². The van der Waals surface area contributed by atoms with Crippen molar-refractivity contribution >= 4 is 22.5 Å². The lowest BCUT2D eigenvalue weighted by molar-refractivity contribution is 0.0940. The first-order valence-electron chi connectivity index (χ1n) is 9.85. The zero-order valence-electron chi connectivity index (χ0n) is 16.6. The molecule has 150 valence electrons. The summed E-state index contributed by atoms with van der Waals surface area (Å²) in [5.41, 5.74) is 2.37. The minimum Gasteiger partial charge on any atom is -0.369 e. The molecular weight excluding hydrogens is 368 g/mol. The number of fused-ring (bicyclic) bond motifs is 1. The number of hydrogen-bond donors (Lipinski definition) is 2. The Morgan fingerprint density at radius 1 is 1.21 bits per heavy atom. The van der Waals surface area contributed by atoms with E-state index in [0.717, 1.165) is 29.8 Å². The van der Waals surface area contributed by atoms with Crippen LogP contribution in [0.5, 0.6) is 0 Å². The average Bonchev–Trinajstić information content (AvgIpc) is 3.16. The molecule has 4 rings (SSSR count). The number of amides is 1. The number of anilines is 1. The van der Waals surface area contributed by atoms with Gasteiger partial charge in [0.25, 0.3) is 11.5 Å². The molecule has 3 aromatic rings. The normalized spacial score (nSPS) is 16.3. The van der Waals surface area contributed by atoms with Gasteiger partial charge in [0.2, 0.25) is 0 Å². The van der Waals surface area contributed by atoms with Gasteiger partial charge in [0.1, 0.15) is 0 Å². The third-order valence-electron chi connectivity index (χ3n) is 5.45. The van der Waals surface area contributed by atoms with Crippen molar-refractivity contribution in [2.75, 3.05) is 18.0 Å². The van der Waals surface area contributed by atoms with E-state index < -0.39 is 5.69 Å². The van der Waals surface area contributed by atoms with Gasteiger partial charge >= 0.3 is 5.69 Å². The molecule has 7 nitrogen and oxygen atoms in total. The largest absolute Gasteiger partial charge is 0.369 e. The number of carbonyl (C=O) groups excluding carboxylic acids is 1. The standard InChI is InChI=1S/C22H24N4O3/c1-3-26-21(28)18-8-7-15(12-19(18)24-22(26)29)20(27)23-16-9-10-25(13-16)17-6-4-5-14(2)11-17/h4-8,11-12,16H,3,9-10,13H2,1-2H3,(H,23,27)(H,24,29). The van der Waals surface area contributed by atoms with E-state index in [2.05, 4.69) is 40.3 Å². The van der Waals surface area contributed by atoms with Crippen LogP contribution in [-0.2, 0) is 6.54 Å². The van der Waals surface area contributed by atoms with Crippen molar-refractivity contribution in [1.29, 1.82) is 0 Å². The van der Waals surface area contributed by atoms with Gasteiger partial charge < -0.3 is 15.2 Å².